The molecule has 6 heteroatoms. The third kappa shape index (κ3) is 4.37. The third-order valence-electron chi connectivity index (χ3n) is 4.61. The lowest BCUT2D eigenvalue weighted by atomic mass is 9.96. The molecule has 0 saturated carbocycles. The van der Waals surface area contributed by atoms with E-state index in [2.05, 4.69) is 5.32 Å². The summed E-state index contributed by atoms with van der Waals surface area (Å²) >= 11 is 12.0. The molecule has 3 rings (SSSR count). The minimum absolute atomic E-state index is 0.0717. The summed E-state index contributed by atoms with van der Waals surface area (Å²) in [4.78, 5) is 27.0. The molecule has 136 valence electrons. The average Bonchev–Trinajstić information content (AvgIpc) is 2.65. The van der Waals surface area contributed by atoms with Crippen molar-refractivity contribution in [3.05, 3.63) is 63.6 Å². The minimum atomic E-state index is -0.236. The maximum absolute atomic E-state index is 12.7. The van der Waals surface area contributed by atoms with Gasteiger partial charge in [0, 0.05) is 34.4 Å². The Kier molecular flexibility index (Phi) is 5.84. The number of piperidine rings is 1. The van der Waals surface area contributed by atoms with Crippen LogP contribution in [0.5, 0.6) is 0 Å². The van der Waals surface area contributed by atoms with E-state index in [1.807, 2.05) is 19.1 Å². The monoisotopic (exact) mass is 390 g/mol. The fraction of sp³-hybridized carbons (Fsp3) is 0.300. The number of likely N-dealkylation sites (tertiary alicyclic amines) is 1. The van der Waals surface area contributed by atoms with Gasteiger partial charge in [0.25, 0.3) is 5.91 Å². The summed E-state index contributed by atoms with van der Waals surface area (Å²) in [7, 11) is 0. The van der Waals surface area contributed by atoms with Gasteiger partial charge in [0.2, 0.25) is 5.91 Å². The molecule has 0 bridgehead atoms. The average molecular weight is 391 g/mol. The molecule has 0 radical (unpaired) electrons. The molecule has 4 nitrogen and oxygen atoms in total. The molecule has 2 aromatic carbocycles. The Hall–Kier alpha value is -2.04. The highest BCUT2D eigenvalue weighted by Crippen LogP contribution is 2.23. The summed E-state index contributed by atoms with van der Waals surface area (Å²) in [6, 6.07) is 12.3. The SMILES string of the molecule is Cc1ccc(NC(=O)C2CCCN(C(=O)c3ccc(Cl)cc3)C2)cc1Cl. The molecule has 1 aliphatic rings. The predicted molar refractivity (Wildman–Crippen MR) is 105 cm³/mol. The number of aryl methyl sites for hydroxylation is 1. The summed E-state index contributed by atoms with van der Waals surface area (Å²) in [6.07, 6.45) is 1.56. The molecular formula is C20H20Cl2N2O2. The van der Waals surface area contributed by atoms with Crippen LogP contribution in [0.3, 0.4) is 0 Å². The number of halogens is 2. The van der Waals surface area contributed by atoms with Crippen molar-refractivity contribution < 1.29 is 9.59 Å². The molecule has 1 atom stereocenters. The lowest BCUT2D eigenvalue weighted by Gasteiger charge is -2.32. The van der Waals surface area contributed by atoms with E-state index in [4.69, 9.17) is 23.2 Å². The van der Waals surface area contributed by atoms with E-state index in [9.17, 15) is 9.59 Å². The van der Waals surface area contributed by atoms with Crippen LogP contribution >= 0.6 is 23.2 Å². The first-order chi connectivity index (χ1) is 12.4. The van der Waals surface area contributed by atoms with Crippen LogP contribution < -0.4 is 5.32 Å². The quantitative estimate of drug-likeness (QED) is 0.818. The molecule has 0 aromatic heterocycles. The van der Waals surface area contributed by atoms with Gasteiger partial charge in [-0.25, -0.2) is 0 Å². The predicted octanol–water partition coefficient (Wildman–Crippen LogP) is 4.79. The van der Waals surface area contributed by atoms with Crippen LogP contribution in [0.4, 0.5) is 5.69 Å². The number of rotatable bonds is 3. The Labute approximate surface area is 163 Å². The van der Waals surface area contributed by atoms with Gasteiger partial charge in [0.1, 0.15) is 0 Å². The zero-order valence-electron chi connectivity index (χ0n) is 14.5. The van der Waals surface area contributed by atoms with Crippen molar-refractivity contribution in [3.8, 4) is 0 Å². The number of amides is 2. The summed E-state index contributed by atoms with van der Waals surface area (Å²) in [5.41, 5.74) is 2.22. The van der Waals surface area contributed by atoms with Gasteiger partial charge in [-0.1, -0.05) is 29.3 Å². The number of hydrogen-bond acceptors (Lipinski definition) is 2. The standard InChI is InChI=1S/C20H20Cl2N2O2/c1-13-4-9-17(11-18(13)22)23-19(25)15-3-2-10-24(12-15)20(26)14-5-7-16(21)8-6-14/h4-9,11,15H,2-3,10,12H2,1H3,(H,23,25). The topological polar surface area (TPSA) is 49.4 Å². The Balaban J connectivity index is 1.65. The molecule has 0 aliphatic carbocycles. The first kappa shape index (κ1) is 18.7. The second-order valence-electron chi connectivity index (χ2n) is 6.55. The van der Waals surface area contributed by atoms with Gasteiger partial charge >= 0.3 is 0 Å². The summed E-state index contributed by atoms with van der Waals surface area (Å²) in [5, 5.41) is 4.12. The van der Waals surface area contributed by atoms with Crippen LogP contribution in [0.1, 0.15) is 28.8 Å². The van der Waals surface area contributed by atoms with Crippen molar-refractivity contribution >= 4 is 40.7 Å². The number of carbonyl (C=O) groups is 2. The van der Waals surface area contributed by atoms with Crippen LogP contribution in [0.15, 0.2) is 42.5 Å². The van der Waals surface area contributed by atoms with Crippen LogP contribution in [-0.4, -0.2) is 29.8 Å². The maximum atomic E-state index is 12.7. The van der Waals surface area contributed by atoms with E-state index in [1.165, 1.54) is 0 Å². The Morgan fingerprint density at radius 2 is 1.85 bits per heavy atom. The molecule has 1 saturated heterocycles. The van der Waals surface area contributed by atoms with Gasteiger partial charge in [-0.15, -0.1) is 0 Å². The van der Waals surface area contributed by atoms with E-state index in [0.29, 0.717) is 34.4 Å². The van der Waals surface area contributed by atoms with E-state index in [0.717, 1.165) is 18.4 Å². The number of nitrogens with zero attached hydrogens (tertiary/aromatic N) is 1. The molecule has 1 aliphatic heterocycles. The number of nitrogens with one attached hydrogen (secondary N) is 1. The van der Waals surface area contributed by atoms with Gasteiger partial charge < -0.3 is 10.2 Å². The van der Waals surface area contributed by atoms with Gasteiger partial charge in [0.05, 0.1) is 5.92 Å². The number of benzene rings is 2. The summed E-state index contributed by atoms with van der Waals surface area (Å²) < 4.78 is 0. The van der Waals surface area contributed by atoms with Crippen molar-refractivity contribution in [2.24, 2.45) is 5.92 Å². The van der Waals surface area contributed by atoms with Crippen molar-refractivity contribution in [3.63, 3.8) is 0 Å². The fourth-order valence-electron chi connectivity index (χ4n) is 3.07. The normalized spacial score (nSPS) is 17.0. The second-order valence-corrected chi connectivity index (χ2v) is 7.39. The lowest BCUT2D eigenvalue weighted by molar-refractivity contribution is -0.121. The van der Waals surface area contributed by atoms with Crippen molar-refractivity contribution in [2.45, 2.75) is 19.8 Å². The minimum Gasteiger partial charge on any atom is -0.338 e. The Morgan fingerprint density at radius 3 is 2.54 bits per heavy atom. The third-order valence-corrected chi connectivity index (χ3v) is 5.27. The molecule has 2 amide bonds. The first-order valence-electron chi connectivity index (χ1n) is 8.56. The van der Waals surface area contributed by atoms with Crippen molar-refractivity contribution in [2.75, 3.05) is 18.4 Å². The van der Waals surface area contributed by atoms with Crippen molar-refractivity contribution in [1.29, 1.82) is 0 Å². The Bertz CT molecular complexity index is 821. The molecule has 1 unspecified atom stereocenters. The zero-order chi connectivity index (χ0) is 18.7. The summed E-state index contributed by atoms with van der Waals surface area (Å²) in [6.45, 7) is 2.98. The van der Waals surface area contributed by atoms with Gasteiger partial charge in [-0.05, 0) is 61.7 Å². The molecule has 0 spiro atoms. The maximum Gasteiger partial charge on any atom is 0.253 e. The van der Waals surface area contributed by atoms with E-state index in [1.54, 1.807) is 35.2 Å². The first-order valence-corrected chi connectivity index (χ1v) is 9.31. The highest BCUT2D eigenvalue weighted by Gasteiger charge is 2.29. The largest absolute Gasteiger partial charge is 0.338 e. The smallest absolute Gasteiger partial charge is 0.253 e. The lowest BCUT2D eigenvalue weighted by Crippen LogP contribution is -2.43. The number of anilines is 1. The second kappa shape index (κ2) is 8.11. The number of carbonyl (C=O) groups excluding carboxylic acids is 2. The van der Waals surface area contributed by atoms with Crippen LogP contribution in [0.25, 0.3) is 0 Å². The molecular weight excluding hydrogens is 371 g/mol. The van der Waals surface area contributed by atoms with Crippen LogP contribution in [-0.2, 0) is 4.79 Å². The highest BCUT2D eigenvalue weighted by molar-refractivity contribution is 6.31. The van der Waals surface area contributed by atoms with E-state index in [-0.39, 0.29) is 17.7 Å². The molecule has 1 fully saturated rings. The van der Waals surface area contributed by atoms with Gasteiger partial charge in [0.15, 0.2) is 0 Å². The molecule has 2 aromatic rings. The molecule has 1 heterocycles. The fourth-order valence-corrected chi connectivity index (χ4v) is 3.37. The van der Waals surface area contributed by atoms with Gasteiger partial charge in [-0.3, -0.25) is 9.59 Å². The van der Waals surface area contributed by atoms with Gasteiger partial charge in [-0.2, -0.15) is 0 Å². The highest BCUT2D eigenvalue weighted by atomic mass is 35.5. The summed E-state index contributed by atoms with van der Waals surface area (Å²) in [5.74, 6) is -0.392. The zero-order valence-corrected chi connectivity index (χ0v) is 16.0. The van der Waals surface area contributed by atoms with E-state index >= 15 is 0 Å². The van der Waals surface area contributed by atoms with Crippen LogP contribution in [0.2, 0.25) is 10.0 Å². The molecule has 1 N–H and O–H groups in total. The van der Waals surface area contributed by atoms with Crippen molar-refractivity contribution in [1.82, 2.24) is 4.90 Å². The van der Waals surface area contributed by atoms with E-state index < -0.39 is 0 Å². The Morgan fingerprint density at radius 1 is 1.12 bits per heavy atom. The molecule has 26 heavy (non-hydrogen) atoms. The van der Waals surface area contributed by atoms with Crippen LogP contribution in [0, 0.1) is 12.8 Å². The number of hydrogen-bond donors (Lipinski definition) is 1.